The Balaban J connectivity index is 2.11. The second-order valence-corrected chi connectivity index (χ2v) is 5.59. The summed E-state index contributed by atoms with van der Waals surface area (Å²) in [4.78, 5) is 6.89. The quantitative estimate of drug-likeness (QED) is 0.781. The Kier molecular flexibility index (Phi) is 3.41. The molecule has 1 spiro atoms. The number of guanidine groups is 1. The molecule has 2 atom stereocenters. The van der Waals surface area contributed by atoms with Gasteiger partial charge in [0, 0.05) is 6.54 Å². The van der Waals surface area contributed by atoms with Crippen molar-refractivity contribution in [2.24, 2.45) is 16.6 Å². The van der Waals surface area contributed by atoms with E-state index >= 15 is 0 Å². The van der Waals surface area contributed by atoms with Crippen LogP contribution in [0.1, 0.15) is 52.4 Å². The first-order valence-electron chi connectivity index (χ1n) is 6.75. The molecule has 92 valence electrons. The van der Waals surface area contributed by atoms with Crippen LogP contribution in [0.15, 0.2) is 4.99 Å². The van der Waals surface area contributed by atoms with Gasteiger partial charge in [0.15, 0.2) is 5.96 Å². The molecule has 0 aromatic rings. The maximum absolute atomic E-state index is 6.03. The molecule has 2 N–H and O–H groups in total. The van der Waals surface area contributed by atoms with Crippen molar-refractivity contribution < 1.29 is 0 Å². The van der Waals surface area contributed by atoms with Crippen molar-refractivity contribution in [2.45, 2.75) is 57.9 Å². The zero-order valence-electron chi connectivity index (χ0n) is 10.7. The molecule has 3 nitrogen and oxygen atoms in total. The molecule has 2 aliphatic rings. The summed E-state index contributed by atoms with van der Waals surface area (Å²) in [5.74, 6) is 1.67. The van der Waals surface area contributed by atoms with E-state index in [0.29, 0.717) is 0 Å². The van der Waals surface area contributed by atoms with E-state index in [1.807, 2.05) is 0 Å². The Morgan fingerprint density at radius 2 is 2.25 bits per heavy atom. The molecule has 0 radical (unpaired) electrons. The van der Waals surface area contributed by atoms with Crippen molar-refractivity contribution in [1.82, 2.24) is 4.90 Å². The summed E-state index contributed by atoms with van der Waals surface area (Å²) in [5.41, 5.74) is 6.31. The Hall–Kier alpha value is -0.730. The molecule has 0 saturated heterocycles. The van der Waals surface area contributed by atoms with Gasteiger partial charge in [-0.15, -0.1) is 0 Å². The molecule has 2 unspecified atom stereocenters. The van der Waals surface area contributed by atoms with Gasteiger partial charge < -0.3 is 10.6 Å². The van der Waals surface area contributed by atoms with Gasteiger partial charge in [0.2, 0.25) is 0 Å². The highest BCUT2D eigenvalue weighted by atomic mass is 15.4. The lowest BCUT2D eigenvalue weighted by Gasteiger charge is -2.38. The van der Waals surface area contributed by atoms with Crippen molar-refractivity contribution in [1.29, 1.82) is 0 Å². The van der Waals surface area contributed by atoms with Gasteiger partial charge in [-0.2, -0.15) is 0 Å². The van der Waals surface area contributed by atoms with Crippen LogP contribution in [0.4, 0.5) is 0 Å². The molecule has 1 fully saturated rings. The Morgan fingerprint density at radius 1 is 1.44 bits per heavy atom. The highest BCUT2D eigenvalue weighted by Gasteiger charge is 2.42. The zero-order chi connectivity index (χ0) is 11.6. The second-order valence-electron chi connectivity index (χ2n) is 5.59. The molecule has 3 heteroatoms. The zero-order valence-corrected chi connectivity index (χ0v) is 10.7. The van der Waals surface area contributed by atoms with Gasteiger partial charge in [0.1, 0.15) is 0 Å². The summed E-state index contributed by atoms with van der Waals surface area (Å²) >= 11 is 0. The SMILES string of the molecule is CCCN1C(N)=NCC12CCCC(C)CC2. The molecule has 0 aromatic carbocycles. The van der Waals surface area contributed by atoms with Gasteiger partial charge in [-0.25, -0.2) is 0 Å². The molecular weight excluding hydrogens is 198 g/mol. The van der Waals surface area contributed by atoms with E-state index in [1.165, 1.54) is 32.1 Å². The highest BCUT2D eigenvalue weighted by Crippen LogP contribution is 2.37. The molecule has 1 aliphatic heterocycles. The summed E-state index contributed by atoms with van der Waals surface area (Å²) in [6.07, 6.45) is 7.77. The molecule has 1 heterocycles. The second kappa shape index (κ2) is 4.64. The third-order valence-electron chi connectivity index (χ3n) is 4.27. The minimum Gasteiger partial charge on any atom is -0.370 e. The lowest BCUT2D eigenvalue weighted by molar-refractivity contribution is 0.173. The van der Waals surface area contributed by atoms with E-state index in [1.54, 1.807) is 0 Å². The number of nitrogens with two attached hydrogens (primary N) is 1. The largest absolute Gasteiger partial charge is 0.370 e. The van der Waals surface area contributed by atoms with Crippen molar-refractivity contribution in [3.05, 3.63) is 0 Å². The van der Waals surface area contributed by atoms with Crippen LogP contribution in [0.3, 0.4) is 0 Å². The summed E-state index contributed by atoms with van der Waals surface area (Å²) in [7, 11) is 0. The van der Waals surface area contributed by atoms with E-state index in [0.717, 1.165) is 31.4 Å². The van der Waals surface area contributed by atoms with Crippen LogP contribution < -0.4 is 5.73 Å². The Labute approximate surface area is 99.1 Å². The van der Waals surface area contributed by atoms with E-state index in [-0.39, 0.29) is 5.54 Å². The van der Waals surface area contributed by atoms with Crippen LogP contribution in [-0.2, 0) is 0 Å². The Morgan fingerprint density at radius 3 is 3.00 bits per heavy atom. The van der Waals surface area contributed by atoms with Crippen molar-refractivity contribution in [2.75, 3.05) is 13.1 Å². The molecule has 1 aliphatic carbocycles. The van der Waals surface area contributed by atoms with Gasteiger partial charge in [-0.3, -0.25) is 4.99 Å². The third kappa shape index (κ3) is 2.04. The molecule has 0 amide bonds. The lowest BCUT2D eigenvalue weighted by atomic mass is 9.88. The van der Waals surface area contributed by atoms with E-state index in [2.05, 4.69) is 23.7 Å². The van der Waals surface area contributed by atoms with Gasteiger partial charge in [-0.05, 0) is 31.6 Å². The molecule has 16 heavy (non-hydrogen) atoms. The van der Waals surface area contributed by atoms with Crippen LogP contribution in [0.5, 0.6) is 0 Å². The fraction of sp³-hybridized carbons (Fsp3) is 0.923. The van der Waals surface area contributed by atoms with Crippen LogP contribution in [0.25, 0.3) is 0 Å². The summed E-state index contributed by atoms with van der Waals surface area (Å²) in [5, 5.41) is 0. The number of hydrogen-bond donors (Lipinski definition) is 1. The lowest BCUT2D eigenvalue weighted by Crippen LogP contribution is -2.51. The van der Waals surface area contributed by atoms with Crippen molar-refractivity contribution in [3.63, 3.8) is 0 Å². The first kappa shape index (κ1) is 11.7. The normalized spacial score (nSPS) is 35.2. The predicted molar refractivity (Wildman–Crippen MR) is 68.5 cm³/mol. The fourth-order valence-electron chi connectivity index (χ4n) is 3.21. The number of nitrogens with zero attached hydrogens (tertiary/aromatic N) is 2. The van der Waals surface area contributed by atoms with Gasteiger partial charge in [0.05, 0.1) is 12.1 Å². The van der Waals surface area contributed by atoms with E-state index in [4.69, 9.17) is 5.73 Å². The summed E-state index contributed by atoms with van der Waals surface area (Å²) < 4.78 is 0. The van der Waals surface area contributed by atoms with Crippen LogP contribution in [-0.4, -0.2) is 29.5 Å². The topological polar surface area (TPSA) is 41.6 Å². The summed E-state index contributed by atoms with van der Waals surface area (Å²) in [6.45, 7) is 6.61. The van der Waals surface area contributed by atoms with Crippen molar-refractivity contribution in [3.8, 4) is 0 Å². The molecule has 1 saturated carbocycles. The monoisotopic (exact) mass is 223 g/mol. The average molecular weight is 223 g/mol. The maximum atomic E-state index is 6.03. The van der Waals surface area contributed by atoms with Crippen LogP contribution in [0, 0.1) is 5.92 Å². The highest BCUT2D eigenvalue weighted by molar-refractivity contribution is 5.81. The minimum absolute atomic E-state index is 0.283. The smallest absolute Gasteiger partial charge is 0.191 e. The van der Waals surface area contributed by atoms with Gasteiger partial charge in [0.25, 0.3) is 0 Å². The van der Waals surface area contributed by atoms with Crippen LogP contribution in [0.2, 0.25) is 0 Å². The third-order valence-corrected chi connectivity index (χ3v) is 4.27. The molecule has 0 aromatic heterocycles. The number of hydrogen-bond acceptors (Lipinski definition) is 3. The fourth-order valence-corrected chi connectivity index (χ4v) is 3.21. The first-order valence-corrected chi connectivity index (χ1v) is 6.75. The van der Waals surface area contributed by atoms with Gasteiger partial charge >= 0.3 is 0 Å². The van der Waals surface area contributed by atoms with Crippen molar-refractivity contribution >= 4 is 5.96 Å². The summed E-state index contributed by atoms with van der Waals surface area (Å²) in [6, 6.07) is 0. The number of rotatable bonds is 2. The molecule has 0 bridgehead atoms. The van der Waals surface area contributed by atoms with Gasteiger partial charge in [-0.1, -0.05) is 26.7 Å². The van der Waals surface area contributed by atoms with Crippen LogP contribution >= 0.6 is 0 Å². The van der Waals surface area contributed by atoms with E-state index < -0.39 is 0 Å². The maximum Gasteiger partial charge on any atom is 0.191 e. The first-order chi connectivity index (χ1) is 7.68. The predicted octanol–water partition coefficient (Wildman–Crippen LogP) is 2.37. The standard InChI is InChI=1S/C13H25N3/c1-3-9-16-12(14)15-10-13(16)7-4-5-11(2)6-8-13/h11H,3-10H2,1-2H3,(H2,14,15). The van der Waals surface area contributed by atoms with E-state index in [9.17, 15) is 0 Å². The minimum atomic E-state index is 0.283. The molecular formula is C13H25N3. The molecule has 2 rings (SSSR count). The Bertz CT molecular complexity index is 274. The number of aliphatic imine (C=N–C) groups is 1. The average Bonchev–Trinajstić information content (AvgIpc) is 2.46.